The standard InChI is InChI=1S/C15H30N2/c1-6-8-10-16-13-17(11-9-7-2)15(4,5)12-14(16)3/h12H,6-11,13H2,1-5H3. The molecule has 1 heterocycles. The minimum absolute atomic E-state index is 0.224. The molecule has 0 fully saturated rings. The van der Waals surface area contributed by atoms with Crippen molar-refractivity contribution in [3.05, 3.63) is 11.8 Å². The molecule has 0 aromatic carbocycles. The van der Waals surface area contributed by atoms with Gasteiger partial charge < -0.3 is 4.90 Å². The zero-order valence-corrected chi connectivity index (χ0v) is 12.4. The van der Waals surface area contributed by atoms with Crippen molar-refractivity contribution < 1.29 is 0 Å². The lowest BCUT2D eigenvalue weighted by atomic mass is 9.98. The molecule has 0 unspecified atom stereocenters. The molecule has 1 aliphatic heterocycles. The molecule has 0 atom stereocenters. The Labute approximate surface area is 108 Å². The van der Waals surface area contributed by atoms with Crippen LogP contribution >= 0.6 is 0 Å². The lowest BCUT2D eigenvalue weighted by molar-refractivity contribution is 0.0658. The molecule has 100 valence electrons. The summed E-state index contributed by atoms with van der Waals surface area (Å²) in [6.45, 7) is 15.0. The van der Waals surface area contributed by atoms with Crippen molar-refractivity contribution >= 4 is 0 Å². The number of unbranched alkanes of at least 4 members (excludes halogenated alkanes) is 2. The van der Waals surface area contributed by atoms with Crippen LogP contribution in [-0.4, -0.2) is 35.1 Å². The Hall–Kier alpha value is -0.500. The predicted molar refractivity (Wildman–Crippen MR) is 75.9 cm³/mol. The minimum Gasteiger partial charge on any atom is -0.362 e. The summed E-state index contributed by atoms with van der Waals surface area (Å²) < 4.78 is 0. The third kappa shape index (κ3) is 4.02. The second-order valence-electron chi connectivity index (χ2n) is 5.81. The normalized spacial score (nSPS) is 20.5. The van der Waals surface area contributed by atoms with Crippen molar-refractivity contribution in [3.8, 4) is 0 Å². The SMILES string of the molecule is CCCCN1CN(CCCC)C(C)(C)C=C1C. The summed E-state index contributed by atoms with van der Waals surface area (Å²) in [4.78, 5) is 5.14. The lowest BCUT2D eigenvalue weighted by Gasteiger charge is -2.46. The molecule has 17 heavy (non-hydrogen) atoms. The van der Waals surface area contributed by atoms with E-state index in [9.17, 15) is 0 Å². The first-order valence-corrected chi connectivity index (χ1v) is 7.20. The van der Waals surface area contributed by atoms with Gasteiger partial charge in [0, 0.05) is 24.3 Å². The van der Waals surface area contributed by atoms with E-state index in [0.29, 0.717) is 0 Å². The molecule has 0 aliphatic carbocycles. The van der Waals surface area contributed by atoms with Gasteiger partial charge in [-0.05, 0) is 39.7 Å². The molecule has 2 heteroatoms. The number of allylic oxidation sites excluding steroid dienone is 1. The second kappa shape index (κ2) is 6.44. The average molecular weight is 238 g/mol. The number of nitrogens with zero attached hydrogens (tertiary/aromatic N) is 2. The average Bonchev–Trinajstić information content (AvgIpc) is 2.25. The topological polar surface area (TPSA) is 6.48 Å². The van der Waals surface area contributed by atoms with Gasteiger partial charge in [-0.25, -0.2) is 0 Å². The van der Waals surface area contributed by atoms with Gasteiger partial charge in [-0.3, -0.25) is 4.90 Å². The Morgan fingerprint density at radius 1 is 1.12 bits per heavy atom. The van der Waals surface area contributed by atoms with Crippen LogP contribution in [0.3, 0.4) is 0 Å². The first-order valence-electron chi connectivity index (χ1n) is 7.20. The summed E-state index contributed by atoms with van der Waals surface area (Å²) in [6.07, 6.45) is 7.60. The molecule has 1 rings (SSSR count). The van der Waals surface area contributed by atoms with E-state index in [1.165, 1.54) is 44.5 Å². The van der Waals surface area contributed by atoms with Crippen LogP contribution < -0.4 is 0 Å². The number of hydrogen-bond donors (Lipinski definition) is 0. The molecule has 0 saturated heterocycles. The highest BCUT2D eigenvalue weighted by atomic mass is 15.4. The maximum absolute atomic E-state index is 2.61. The first-order chi connectivity index (χ1) is 8.01. The van der Waals surface area contributed by atoms with Crippen molar-refractivity contribution in [3.63, 3.8) is 0 Å². The molecule has 0 spiro atoms. The van der Waals surface area contributed by atoms with Crippen molar-refractivity contribution in [2.45, 2.75) is 65.8 Å². The molecule has 1 aliphatic rings. The van der Waals surface area contributed by atoms with E-state index in [0.717, 1.165) is 6.67 Å². The van der Waals surface area contributed by atoms with Crippen LogP contribution in [0.1, 0.15) is 60.3 Å². The summed E-state index contributed by atoms with van der Waals surface area (Å²) >= 11 is 0. The Balaban J connectivity index is 2.66. The third-order valence-electron chi connectivity index (χ3n) is 3.78. The lowest BCUT2D eigenvalue weighted by Crippen LogP contribution is -2.52. The van der Waals surface area contributed by atoms with Crippen LogP contribution in [0, 0.1) is 0 Å². The van der Waals surface area contributed by atoms with Gasteiger partial charge in [0.05, 0.1) is 6.67 Å². The fraction of sp³-hybridized carbons (Fsp3) is 0.867. The highest BCUT2D eigenvalue weighted by Gasteiger charge is 2.30. The number of rotatable bonds is 6. The van der Waals surface area contributed by atoms with Gasteiger partial charge in [-0.1, -0.05) is 26.7 Å². The Morgan fingerprint density at radius 2 is 1.71 bits per heavy atom. The summed E-state index contributed by atoms with van der Waals surface area (Å²) in [7, 11) is 0. The highest BCUT2D eigenvalue weighted by molar-refractivity contribution is 5.13. The summed E-state index contributed by atoms with van der Waals surface area (Å²) in [6, 6.07) is 0. The van der Waals surface area contributed by atoms with Gasteiger partial charge in [0.2, 0.25) is 0 Å². The van der Waals surface area contributed by atoms with Crippen LogP contribution in [0.2, 0.25) is 0 Å². The molecular formula is C15H30N2. The van der Waals surface area contributed by atoms with Crippen molar-refractivity contribution in [1.29, 1.82) is 0 Å². The summed E-state index contributed by atoms with van der Waals surface area (Å²) in [5.74, 6) is 0. The van der Waals surface area contributed by atoms with E-state index < -0.39 is 0 Å². The zero-order valence-electron chi connectivity index (χ0n) is 12.4. The van der Waals surface area contributed by atoms with Crippen LogP contribution in [0.25, 0.3) is 0 Å². The van der Waals surface area contributed by atoms with Gasteiger partial charge >= 0.3 is 0 Å². The minimum atomic E-state index is 0.224. The van der Waals surface area contributed by atoms with Crippen molar-refractivity contribution in [2.75, 3.05) is 19.8 Å². The van der Waals surface area contributed by atoms with E-state index in [1.807, 2.05) is 0 Å². The molecule has 0 N–H and O–H groups in total. The van der Waals surface area contributed by atoms with E-state index in [1.54, 1.807) is 0 Å². The maximum Gasteiger partial charge on any atom is 0.0710 e. The van der Waals surface area contributed by atoms with Gasteiger partial charge in [-0.15, -0.1) is 0 Å². The van der Waals surface area contributed by atoms with E-state index >= 15 is 0 Å². The molecule has 2 nitrogen and oxygen atoms in total. The molecule has 0 aromatic rings. The third-order valence-corrected chi connectivity index (χ3v) is 3.78. The van der Waals surface area contributed by atoms with Gasteiger partial charge in [0.15, 0.2) is 0 Å². The molecule has 0 amide bonds. The number of hydrogen-bond acceptors (Lipinski definition) is 2. The maximum atomic E-state index is 2.61. The Morgan fingerprint density at radius 3 is 2.29 bits per heavy atom. The predicted octanol–water partition coefficient (Wildman–Crippen LogP) is 3.84. The van der Waals surface area contributed by atoms with Gasteiger partial charge in [-0.2, -0.15) is 0 Å². The summed E-state index contributed by atoms with van der Waals surface area (Å²) in [5.41, 5.74) is 1.68. The largest absolute Gasteiger partial charge is 0.362 e. The zero-order chi connectivity index (χ0) is 12.9. The van der Waals surface area contributed by atoms with Crippen LogP contribution in [-0.2, 0) is 0 Å². The fourth-order valence-corrected chi connectivity index (χ4v) is 2.50. The van der Waals surface area contributed by atoms with Gasteiger partial charge in [0.25, 0.3) is 0 Å². The van der Waals surface area contributed by atoms with E-state index in [2.05, 4.69) is 50.5 Å². The monoisotopic (exact) mass is 238 g/mol. The van der Waals surface area contributed by atoms with Crippen molar-refractivity contribution in [1.82, 2.24) is 9.80 Å². The fourth-order valence-electron chi connectivity index (χ4n) is 2.50. The molecule has 0 radical (unpaired) electrons. The van der Waals surface area contributed by atoms with E-state index in [-0.39, 0.29) is 5.54 Å². The Kier molecular flexibility index (Phi) is 5.51. The van der Waals surface area contributed by atoms with Crippen LogP contribution in [0.5, 0.6) is 0 Å². The molecule has 0 saturated carbocycles. The molecular weight excluding hydrogens is 208 g/mol. The van der Waals surface area contributed by atoms with Gasteiger partial charge in [0.1, 0.15) is 0 Å². The van der Waals surface area contributed by atoms with E-state index in [4.69, 9.17) is 0 Å². The highest BCUT2D eigenvalue weighted by Crippen LogP contribution is 2.26. The first kappa shape index (κ1) is 14.6. The molecule has 0 aromatic heterocycles. The van der Waals surface area contributed by atoms with Crippen LogP contribution in [0.15, 0.2) is 11.8 Å². The molecule has 0 bridgehead atoms. The van der Waals surface area contributed by atoms with Crippen LogP contribution in [0.4, 0.5) is 0 Å². The Bertz CT molecular complexity index is 256. The quantitative estimate of drug-likeness (QED) is 0.693. The summed E-state index contributed by atoms with van der Waals surface area (Å²) in [5, 5.41) is 0. The second-order valence-corrected chi connectivity index (χ2v) is 5.81. The van der Waals surface area contributed by atoms with Crippen molar-refractivity contribution in [2.24, 2.45) is 0 Å². The smallest absolute Gasteiger partial charge is 0.0710 e.